The van der Waals surface area contributed by atoms with Crippen LogP contribution in [0.15, 0.2) is 11.0 Å². The first-order valence-electron chi connectivity index (χ1n) is 10.5. The highest BCUT2D eigenvalue weighted by Crippen LogP contribution is 2.36. The van der Waals surface area contributed by atoms with Gasteiger partial charge in [-0.2, -0.15) is 8.78 Å². The topological polar surface area (TPSA) is 53.2 Å². The van der Waals surface area contributed by atoms with Gasteiger partial charge < -0.3 is 4.74 Å². The number of unbranched alkanes of at least 4 members (excludes halogenated alkanes) is 2. The molecule has 8 heteroatoms. The van der Waals surface area contributed by atoms with Crippen LogP contribution in [0.4, 0.5) is 8.78 Å². The third-order valence-corrected chi connectivity index (χ3v) is 6.21. The molecule has 5 nitrogen and oxygen atoms in total. The Labute approximate surface area is 176 Å². The van der Waals surface area contributed by atoms with Crippen LogP contribution < -0.4 is 5.56 Å². The number of hydrogen-bond donors (Lipinski definition) is 0. The van der Waals surface area contributed by atoms with E-state index in [9.17, 15) is 18.4 Å². The van der Waals surface area contributed by atoms with Crippen LogP contribution in [0.2, 0.25) is 0 Å². The van der Waals surface area contributed by atoms with Gasteiger partial charge >= 0.3 is 12.0 Å². The minimum absolute atomic E-state index is 0.0336. The Morgan fingerprint density at radius 1 is 1.28 bits per heavy atom. The number of carbonyl (C=O) groups is 1. The Kier molecular flexibility index (Phi) is 8.14. The number of ether oxygens (including phenoxy) is 1. The summed E-state index contributed by atoms with van der Waals surface area (Å²) in [7, 11) is 0. The normalized spacial score (nSPS) is 22.1. The minimum atomic E-state index is -3.17. The molecule has 1 aromatic heterocycles. The lowest BCUT2D eigenvalue weighted by atomic mass is 9.99. The Hall–Kier alpha value is -1.57. The predicted molar refractivity (Wildman–Crippen MR) is 111 cm³/mol. The van der Waals surface area contributed by atoms with E-state index in [0.717, 1.165) is 23.6 Å². The smallest absolute Gasteiger partial charge is 0.331 e. The zero-order chi connectivity index (χ0) is 21.8. The van der Waals surface area contributed by atoms with Gasteiger partial charge in [0.05, 0.1) is 12.5 Å². The molecule has 0 spiro atoms. The van der Waals surface area contributed by atoms with Crippen molar-refractivity contribution < 1.29 is 18.3 Å². The highest BCUT2D eigenvalue weighted by molar-refractivity contribution is 7.71. The lowest BCUT2D eigenvalue weighted by molar-refractivity contribution is -0.149. The van der Waals surface area contributed by atoms with Crippen molar-refractivity contribution in [3.05, 3.63) is 26.9 Å². The fraction of sp³-hybridized carbons (Fsp3) is 0.762. The van der Waals surface area contributed by atoms with Gasteiger partial charge in [0, 0.05) is 24.7 Å². The van der Waals surface area contributed by atoms with Crippen LogP contribution >= 0.6 is 12.2 Å². The van der Waals surface area contributed by atoms with E-state index in [-0.39, 0.29) is 53.8 Å². The highest BCUT2D eigenvalue weighted by atomic mass is 32.1. The summed E-state index contributed by atoms with van der Waals surface area (Å²) < 4.78 is 36.4. The first-order chi connectivity index (χ1) is 13.6. The van der Waals surface area contributed by atoms with Gasteiger partial charge in [0.1, 0.15) is 0 Å². The average molecular weight is 431 g/mol. The molecule has 0 aromatic carbocycles. The van der Waals surface area contributed by atoms with E-state index in [2.05, 4.69) is 13.8 Å². The monoisotopic (exact) mass is 430 g/mol. The number of halogens is 2. The molecular weight excluding hydrogens is 398 g/mol. The molecule has 1 aromatic rings. The van der Waals surface area contributed by atoms with Gasteiger partial charge in [-0.1, -0.05) is 13.8 Å². The molecule has 0 aliphatic heterocycles. The third-order valence-electron chi connectivity index (χ3n) is 5.80. The number of aromatic nitrogens is 2. The van der Waals surface area contributed by atoms with Crippen LogP contribution in [0.3, 0.4) is 0 Å². The Morgan fingerprint density at radius 3 is 2.55 bits per heavy atom. The van der Waals surface area contributed by atoms with Crippen LogP contribution in [-0.2, 0) is 22.1 Å². The van der Waals surface area contributed by atoms with Gasteiger partial charge in [-0.25, -0.2) is 0 Å². The molecule has 3 unspecified atom stereocenters. The molecule has 0 amide bonds. The predicted octanol–water partition coefficient (Wildman–Crippen LogP) is 5.04. The van der Waals surface area contributed by atoms with Crippen molar-refractivity contribution in [2.45, 2.75) is 78.8 Å². The molecule has 1 heterocycles. The number of esters is 1. The summed E-state index contributed by atoms with van der Waals surface area (Å²) in [5, 5.41) is 0. The van der Waals surface area contributed by atoms with Crippen LogP contribution in [0.5, 0.6) is 0 Å². The van der Waals surface area contributed by atoms with Crippen LogP contribution in [0, 0.1) is 29.4 Å². The van der Waals surface area contributed by atoms with Crippen molar-refractivity contribution in [3.63, 3.8) is 0 Å². The van der Waals surface area contributed by atoms with Gasteiger partial charge in [0.25, 0.3) is 5.56 Å². The fourth-order valence-corrected chi connectivity index (χ4v) is 4.55. The van der Waals surface area contributed by atoms with Crippen molar-refractivity contribution in [3.8, 4) is 0 Å². The number of hydrogen-bond acceptors (Lipinski definition) is 4. The SMILES string of the molecule is CCn1c(=O)c(C)cn(C(F)(F)CCCCCOC(=O)C2CC(C)CC2C)c1=S. The number of carbonyl (C=O) groups excluding carboxylic acids is 1. The van der Waals surface area contributed by atoms with Crippen molar-refractivity contribution in [2.75, 3.05) is 6.61 Å². The van der Waals surface area contributed by atoms with E-state index in [0.29, 0.717) is 24.7 Å². The number of alkyl halides is 2. The second kappa shape index (κ2) is 9.96. The third kappa shape index (κ3) is 5.74. The largest absolute Gasteiger partial charge is 0.465 e. The van der Waals surface area contributed by atoms with E-state index in [1.54, 1.807) is 6.92 Å². The molecule has 1 aliphatic carbocycles. The van der Waals surface area contributed by atoms with E-state index in [1.807, 2.05) is 0 Å². The summed E-state index contributed by atoms with van der Waals surface area (Å²) in [5.41, 5.74) is -0.0974. The van der Waals surface area contributed by atoms with Crippen LogP contribution in [0.25, 0.3) is 0 Å². The summed E-state index contributed by atoms with van der Waals surface area (Å²) in [4.78, 5) is 24.2. The molecule has 3 atom stereocenters. The van der Waals surface area contributed by atoms with Crippen molar-refractivity contribution in [2.24, 2.45) is 17.8 Å². The first-order valence-corrected chi connectivity index (χ1v) is 10.9. The molecule has 0 bridgehead atoms. The zero-order valence-electron chi connectivity index (χ0n) is 17.7. The van der Waals surface area contributed by atoms with Gasteiger partial charge in [-0.15, -0.1) is 0 Å². The second-order valence-corrected chi connectivity index (χ2v) is 8.68. The Morgan fingerprint density at radius 2 is 1.97 bits per heavy atom. The van der Waals surface area contributed by atoms with Crippen molar-refractivity contribution in [1.82, 2.24) is 9.13 Å². The van der Waals surface area contributed by atoms with E-state index in [1.165, 1.54) is 11.5 Å². The summed E-state index contributed by atoms with van der Waals surface area (Å²) >= 11 is 5.09. The maximum Gasteiger partial charge on any atom is 0.331 e. The summed E-state index contributed by atoms with van der Waals surface area (Å²) in [6.45, 7) is 7.94. The molecule has 29 heavy (non-hydrogen) atoms. The Balaban J connectivity index is 1.82. The lowest BCUT2D eigenvalue weighted by Crippen LogP contribution is -2.32. The Bertz CT molecular complexity index is 834. The maximum atomic E-state index is 14.7. The molecule has 0 radical (unpaired) electrons. The molecule has 0 saturated heterocycles. The van der Waals surface area contributed by atoms with E-state index in [4.69, 9.17) is 17.0 Å². The van der Waals surface area contributed by atoms with Gasteiger partial charge in [0.15, 0.2) is 4.77 Å². The van der Waals surface area contributed by atoms with Crippen molar-refractivity contribution in [1.29, 1.82) is 0 Å². The zero-order valence-corrected chi connectivity index (χ0v) is 18.6. The number of nitrogens with zero attached hydrogens (tertiary/aromatic N) is 2. The molecule has 0 N–H and O–H groups in total. The average Bonchev–Trinajstić information content (AvgIpc) is 2.99. The van der Waals surface area contributed by atoms with Crippen LogP contribution in [-0.4, -0.2) is 21.7 Å². The highest BCUT2D eigenvalue weighted by Gasteiger charge is 2.35. The van der Waals surface area contributed by atoms with E-state index < -0.39 is 6.05 Å². The minimum Gasteiger partial charge on any atom is -0.465 e. The fourth-order valence-electron chi connectivity index (χ4n) is 4.15. The second-order valence-electron chi connectivity index (χ2n) is 8.32. The number of rotatable bonds is 9. The first kappa shape index (κ1) is 23.7. The van der Waals surface area contributed by atoms with E-state index >= 15 is 0 Å². The summed E-state index contributed by atoms with van der Waals surface area (Å²) in [6.07, 6.45) is 4.02. The molecule has 1 aliphatic rings. The quantitative estimate of drug-likeness (QED) is 0.313. The van der Waals surface area contributed by atoms with Gasteiger partial charge in [0.2, 0.25) is 0 Å². The molecule has 164 valence electrons. The summed E-state index contributed by atoms with van der Waals surface area (Å²) in [6, 6.07) is -3.17. The summed E-state index contributed by atoms with van der Waals surface area (Å²) in [5.74, 6) is 0.697. The van der Waals surface area contributed by atoms with Crippen molar-refractivity contribution >= 4 is 18.2 Å². The number of aryl methyl sites for hydroxylation is 1. The van der Waals surface area contributed by atoms with Crippen LogP contribution in [0.1, 0.15) is 64.9 Å². The molecular formula is C21H32F2N2O3S. The standard InChI is InChI=1S/C21H32F2N2O3S/c1-5-24-18(26)16(4)13-25(20(24)29)21(22,23)9-7-6-8-10-28-19(27)17-12-14(2)11-15(17)3/h13-15,17H,5-12H2,1-4H3. The van der Waals surface area contributed by atoms with Gasteiger partial charge in [-0.3, -0.25) is 18.7 Å². The van der Waals surface area contributed by atoms with Gasteiger partial charge in [-0.05, 0) is 70.0 Å². The molecule has 2 rings (SSSR count). The molecule has 1 fully saturated rings. The lowest BCUT2D eigenvalue weighted by Gasteiger charge is -2.22. The maximum absolute atomic E-state index is 14.7. The molecule has 1 saturated carbocycles.